The van der Waals surface area contributed by atoms with Crippen molar-refractivity contribution in [3.8, 4) is 0 Å². The van der Waals surface area contributed by atoms with Crippen molar-refractivity contribution >= 4 is 41.4 Å². The van der Waals surface area contributed by atoms with Gasteiger partial charge in [-0.25, -0.2) is 0 Å². The van der Waals surface area contributed by atoms with Crippen LogP contribution in [0.15, 0.2) is 0 Å². The molecular weight excluding hydrogens is 192 g/mol. The van der Waals surface area contributed by atoms with Crippen LogP contribution in [-0.2, 0) is 13.0 Å². The number of hydrogen-bond donors (Lipinski definition) is 0. The van der Waals surface area contributed by atoms with Crippen molar-refractivity contribution in [2.24, 2.45) is 0 Å². The first-order valence-electron chi connectivity index (χ1n) is 1.22. The van der Waals surface area contributed by atoms with E-state index in [-0.39, 0.29) is 34.0 Å². The second-order valence-electron chi connectivity index (χ2n) is 0.602. The summed E-state index contributed by atoms with van der Waals surface area (Å²) in [6.45, 7) is 0. The van der Waals surface area contributed by atoms with Gasteiger partial charge >= 0.3 is 18.3 Å². The molecule has 0 amide bonds. The molecule has 0 aliphatic carbocycles. The quantitative estimate of drug-likeness (QED) is 0.403. The molecule has 0 aromatic carbocycles. The van der Waals surface area contributed by atoms with Crippen LogP contribution in [0.2, 0.25) is 0 Å². The standard InChI is InChI=1S/Mg.O5Si2.2H2O/c;1-6(2)5-7(3)4;;/h;;2*1H2/q;-2;;/p-1. The van der Waals surface area contributed by atoms with Crippen molar-refractivity contribution in [3.05, 3.63) is 0 Å². The third-order valence-electron chi connectivity index (χ3n) is 0.167. The molecule has 0 saturated heterocycles. The fourth-order valence-electron chi connectivity index (χ4n) is 0.0680. The molecule has 0 saturated carbocycles. The van der Waals surface area contributed by atoms with Crippen molar-refractivity contribution in [3.63, 3.8) is 0 Å². The zero-order chi connectivity index (χ0) is 5.86. The normalized spacial score (nSPS) is 5.20. The van der Waals surface area contributed by atoms with Crippen molar-refractivity contribution < 1.29 is 33.6 Å². The summed E-state index contributed by atoms with van der Waals surface area (Å²) >= 11 is 0. The topological polar surface area (TPSA) is 151 Å². The molecule has 0 rings (SSSR count). The SMILES string of the molecule is O.O=[Si]([O-])O[Si](=O)[O-].[Mg].[OH-]. The second-order valence-corrected chi connectivity index (χ2v) is 2.42. The van der Waals surface area contributed by atoms with Crippen molar-refractivity contribution in [2.45, 2.75) is 0 Å². The fraction of sp³-hybridized carbons (Fsp3) is 0. The van der Waals surface area contributed by atoms with Crippen LogP contribution in [0.4, 0.5) is 0 Å². The highest BCUT2D eigenvalue weighted by Gasteiger charge is 1.87. The zero-order valence-corrected chi connectivity index (χ0v) is 8.11. The van der Waals surface area contributed by atoms with Gasteiger partial charge in [-0.05, 0) is 0 Å². The first-order valence-corrected chi connectivity index (χ1v) is 3.67. The van der Waals surface area contributed by atoms with Gasteiger partial charge in [-0.2, -0.15) is 0 Å². The third kappa shape index (κ3) is 24.3. The lowest BCUT2D eigenvalue weighted by molar-refractivity contribution is -0.250. The van der Waals surface area contributed by atoms with Gasteiger partial charge in [-0.3, -0.25) is 0 Å². The van der Waals surface area contributed by atoms with E-state index in [0.29, 0.717) is 0 Å². The van der Waals surface area contributed by atoms with Crippen LogP contribution in [0, 0.1) is 0 Å². The summed E-state index contributed by atoms with van der Waals surface area (Å²) in [7, 11) is -7.03. The maximum Gasteiger partial charge on any atom is 0.410 e. The summed E-state index contributed by atoms with van der Waals surface area (Å²) in [5.74, 6) is 0. The first-order chi connectivity index (χ1) is 3.13. The Hall–Kier alpha value is 0.120. The largest absolute Gasteiger partial charge is 0.870 e. The van der Waals surface area contributed by atoms with E-state index in [4.69, 9.17) is 0 Å². The molecule has 10 heteroatoms. The van der Waals surface area contributed by atoms with Crippen LogP contribution in [-0.4, -0.2) is 52.3 Å². The molecule has 7 nitrogen and oxygen atoms in total. The minimum Gasteiger partial charge on any atom is -0.870 e. The van der Waals surface area contributed by atoms with Gasteiger partial charge in [0.05, 0.1) is 0 Å². The average molecular weight is 195 g/mol. The third-order valence-corrected chi connectivity index (χ3v) is 1.50. The van der Waals surface area contributed by atoms with Gasteiger partial charge in [0.2, 0.25) is 0 Å². The number of rotatable bonds is 2. The highest BCUT2D eigenvalue weighted by Crippen LogP contribution is 1.54. The zero-order valence-electron chi connectivity index (χ0n) is 4.70. The van der Waals surface area contributed by atoms with Crippen LogP contribution in [0.1, 0.15) is 0 Å². The maximum atomic E-state index is 9.29. The summed E-state index contributed by atoms with van der Waals surface area (Å²) < 4.78 is 21.8. The van der Waals surface area contributed by atoms with E-state index in [1.54, 1.807) is 0 Å². The fourth-order valence-corrected chi connectivity index (χ4v) is 0.612. The molecule has 0 heterocycles. The summed E-state index contributed by atoms with van der Waals surface area (Å²) in [6.07, 6.45) is 0. The Bertz CT molecular complexity index is 87.8. The van der Waals surface area contributed by atoms with E-state index >= 15 is 0 Å². The predicted molar refractivity (Wildman–Crippen MR) is 25.3 cm³/mol. The highest BCUT2D eigenvalue weighted by atomic mass is 28.4. The van der Waals surface area contributed by atoms with Crippen molar-refractivity contribution in [1.29, 1.82) is 0 Å². The van der Waals surface area contributed by atoms with Gasteiger partial charge in [-0.1, -0.05) is 0 Å². The lowest BCUT2D eigenvalue weighted by atomic mass is 15.7. The summed E-state index contributed by atoms with van der Waals surface area (Å²) in [6, 6.07) is 0. The van der Waals surface area contributed by atoms with Gasteiger partial charge in [0.15, 0.2) is 0 Å². The van der Waals surface area contributed by atoms with Crippen LogP contribution in [0.25, 0.3) is 0 Å². The van der Waals surface area contributed by atoms with E-state index in [2.05, 4.69) is 4.12 Å². The van der Waals surface area contributed by atoms with E-state index in [0.717, 1.165) is 0 Å². The second kappa shape index (κ2) is 11.9. The molecule has 0 bridgehead atoms. The van der Waals surface area contributed by atoms with Crippen LogP contribution in [0.5, 0.6) is 0 Å². The number of hydrogen-bond acceptors (Lipinski definition) is 6. The molecule has 3 N–H and O–H groups in total. The van der Waals surface area contributed by atoms with Crippen LogP contribution < -0.4 is 9.59 Å². The van der Waals surface area contributed by atoms with Crippen LogP contribution >= 0.6 is 0 Å². The van der Waals surface area contributed by atoms with E-state index in [9.17, 15) is 18.5 Å². The molecule has 0 fully saturated rings. The van der Waals surface area contributed by atoms with Crippen LogP contribution in [0.3, 0.4) is 0 Å². The van der Waals surface area contributed by atoms with Crippen molar-refractivity contribution in [2.75, 3.05) is 0 Å². The van der Waals surface area contributed by atoms with E-state index in [1.807, 2.05) is 0 Å². The minimum absolute atomic E-state index is 0. The lowest BCUT2D eigenvalue weighted by Crippen LogP contribution is -2.35. The molecule has 0 aromatic rings. The van der Waals surface area contributed by atoms with E-state index < -0.39 is 18.3 Å². The molecular formula is H3MgO7Si2-3. The van der Waals surface area contributed by atoms with Crippen molar-refractivity contribution in [1.82, 2.24) is 0 Å². The van der Waals surface area contributed by atoms with Gasteiger partial charge < -0.3 is 33.6 Å². The highest BCUT2D eigenvalue weighted by molar-refractivity contribution is 6.38. The smallest absolute Gasteiger partial charge is 0.410 e. The predicted octanol–water partition coefficient (Wildman–Crippen LogP) is -4.83. The molecule has 0 atom stereocenters. The first kappa shape index (κ1) is 22.5. The molecule has 0 aromatic heterocycles. The Morgan fingerprint density at radius 1 is 1.10 bits per heavy atom. The van der Waals surface area contributed by atoms with Gasteiger partial charge in [0, 0.05) is 23.1 Å². The van der Waals surface area contributed by atoms with Gasteiger partial charge in [0.25, 0.3) is 0 Å². The average Bonchev–Trinajstić information content (AvgIpc) is 1.27. The monoisotopic (exact) mass is 195 g/mol. The van der Waals surface area contributed by atoms with Gasteiger partial charge in [-0.15, -0.1) is 0 Å². The molecule has 58 valence electrons. The lowest BCUT2D eigenvalue weighted by Gasteiger charge is -1.99. The van der Waals surface area contributed by atoms with Gasteiger partial charge in [0.1, 0.15) is 0 Å². The molecule has 2 radical (unpaired) electrons. The molecule has 0 aliphatic heterocycles. The summed E-state index contributed by atoms with van der Waals surface area (Å²) in [4.78, 5) is 18.6. The maximum absolute atomic E-state index is 9.29. The Morgan fingerprint density at radius 2 is 1.30 bits per heavy atom. The Balaban J connectivity index is -0.0000000600. The molecule has 10 heavy (non-hydrogen) atoms. The Kier molecular flexibility index (Phi) is 26.7. The Labute approximate surface area is 75.2 Å². The summed E-state index contributed by atoms with van der Waals surface area (Å²) in [5, 5.41) is 0. The Morgan fingerprint density at radius 3 is 1.30 bits per heavy atom. The molecule has 0 aliphatic rings. The minimum atomic E-state index is -3.51. The summed E-state index contributed by atoms with van der Waals surface area (Å²) in [5.41, 5.74) is 0. The molecule has 0 unspecified atom stereocenters. The van der Waals surface area contributed by atoms with E-state index in [1.165, 1.54) is 0 Å². The molecule has 0 spiro atoms.